The van der Waals surface area contributed by atoms with E-state index >= 15 is 0 Å². The molecule has 0 saturated carbocycles. The highest BCUT2D eigenvalue weighted by molar-refractivity contribution is 7.92. The fraction of sp³-hybridized carbons (Fsp3) is 0.571. The van der Waals surface area contributed by atoms with E-state index in [4.69, 9.17) is 5.73 Å². The average Bonchev–Trinajstić information content (AvgIpc) is 2.38. The van der Waals surface area contributed by atoms with Gasteiger partial charge >= 0.3 is 0 Å². The Kier molecular flexibility index (Phi) is 6.31. The molecule has 0 radical (unpaired) electrons. The maximum Gasteiger partial charge on any atom is 0.235 e. The molecule has 0 fully saturated rings. The van der Waals surface area contributed by atoms with Crippen LogP contribution in [0.1, 0.15) is 26.7 Å². The van der Waals surface area contributed by atoms with Crippen molar-refractivity contribution in [2.24, 2.45) is 11.7 Å². The standard InChI is InChI=1S/C14H24N2O2S/c1-13(2)9-12-19(17,18)16(11-6-10-15)14-7-4-3-5-8-14/h3-5,7-8,13H,6,9-12,15H2,1-2H3. The highest BCUT2D eigenvalue weighted by Gasteiger charge is 2.21. The van der Waals surface area contributed by atoms with Crippen molar-refractivity contribution in [2.45, 2.75) is 26.7 Å². The maximum atomic E-state index is 12.4. The number of sulfonamides is 1. The Labute approximate surface area is 116 Å². The van der Waals surface area contributed by atoms with E-state index in [-0.39, 0.29) is 5.75 Å². The van der Waals surface area contributed by atoms with Gasteiger partial charge in [-0.3, -0.25) is 4.31 Å². The Morgan fingerprint density at radius 2 is 1.84 bits per heavy atom. The lowest BCUT2D eigenvalue weighted by Gasteiger charge is -2.24. The average molecular weight is 284 g/mol. The van der Waals surface area contributed by atoms with Gasteiger partial charge in [-0.2, -0.15) is 0 Å². The summed E-state index contributed by atoms with van der Waals surface area (Å²) in [5.74, 6) is 0.561. The molecule has 0 unspecified atom stereocenters. The quantitative estimate of drug-likeness (QED) is 0.796. The Morgan fingerprint density at radius 3 is 2.37 bits per heavy atom. The number of benzene rings is 1. The van der Waals surface area contributed by atoms with E-state index in [1.54, 1.807) is 0 Å². The van der Waals surface area contributed by atoms with Crippen molar-refractivity contribution in [1.29, 1.82) is 0 Å². The Morgan fingerprint density at radius 1 is 1.21 bits per heavy atom. The van der Waals surface area contributed by atoms with Gasteiger partial charge < -0.3 is 5.73 Å². The summed E-state index contributed by atoms with van der Waals surface area (Å²) in [5.41, 5.74) is 6.22. The van der Waals surface area contributed by atoms with Crippen LogP contribution in [0.4, 0.5) is 5.69 Å². The summed E-state index contributed by atoms with van der Waals surface area (Å²) in [4.78, 5) is 0. The van der Waals surface area contributed by atoms with Crippen molar-refractivity contribution in [1.82, 2.24) is 0 Å². The highest BCUT2D eigenvalue weighted by atomic mass is 32.2. The summed E-state index contributed by atoms with van der Waals surface area (Å²) in [6.07, 6.45) is 1.34. The van der Waals surface area contributed by atoms with Gasteiger partial charge in [0, 0.05) is 6.54 Å². The first-order valence-electron chi connectivity index (χ1n) is 6.73. The molecule has 0 aromatic heterocycles. The molecule has 1 aromatic rings. The fourth-order valence-corrected chi connectivity index (χ4v) is 3.59. The maximum absolute atomic E-state index is 12.4. The zero-order chi connectivity index (χ0) is 14.3. The van der Waals surface area contributed by atoms with Crippen molar-refractivity contribution in [3.8, 4) is 0 Å². The van der Waals surface area contributed by atoms with E-state index in [1.807, 2.05) is 44.2 Å². The zero-order valence-corrected chi connectivity index (χ0v) is 12.6. The molecule has 0 saturated heterocycles. The van der Waals surface area contributed by atoms with Crippen molar-refractivity contribution in [2.75, 3.05) is 23.1 Å². The molecule has 0 aliphatic rings. The summed E-state index contributed by atoms with van der Waals surface area (Å²) in [6, 6.07) is 9.23. The minimum atomic E-state index is -3.26. The summed E-state index contributed by atoms with van der Waals surface area (Å²) >= 11 is 0. The Bertz CT molecular complexity index is 458. The Balaban J connectivity index is 2.90. The molecule has 0 spiro atoms. The van der Waals surface area contributed by atoms with Gasteiger partial charge in [0.15, 0.2) is 0 Å². The molecule has 108 valence electrons. The number of para-hydroxylation sites is 1. The molecule has 19 heavy (non-hydrogen) atoms. The van der Waals surface area contributed by atoms with Gasteiger partial charge in [-0.05, 0) is 37.4 Å². The van der Waals surface area contributed by atoms with Crippen LogP contribution in [-0.4, -0.2) is 27.3 Å². The van der Waals surface area contributed by atoms with Crippen molar-refractivity contribution < 1.29 is 8.42 Å². The van der Waals surface area contributed by atoms with Crippen LogP contribution in [0.25, 0.3) is 0 Å². The lowest BCUT2D eigenvalue weighted by atomic mass is 10.2. The van der Waals surface area contributed by atoms with Gasteiger partial charge in [-0.25, -0.2) is 8.42 Å². The van der Waals surface area contributed by atoms with Gasteiger partial charge in [0.25, 0.3) is 0 Å². The first-order chi connectivity index (χ1) is 8.97. The van der Waals surface area contributed by atoms with E-state index in [2.05, 4.69) is 0 Å². The molecule has 1 aromatic carbocycles. The van der Waals surface area contributed by atoms with Crippen molar-refractivity contribution in [3.63, 3.8) is 0 Å². The van der Waals surface area contributed by atoms with Crippen molar-refractivity contribution in [3.05, 3.63) is 30.3 Å². The van der Waals surface area contributed by atoms with Gasteiger partial charge in [0.05, 0.1) is 11.4 Å². The fourth-order valence-electron chi connectivity index (χ4n) is 1.75. The van der Waals surface area contributed by atoms with Gasteiger partial charge in [0.1, 0.15) is 0 Å². The molecule has 0 bridgehead atoms. The molecule has 4 nitrogen and oxygen atoms in total. The van der Waals surface area contributed by atoms with E-state index < -0.39 is 10.0 Å². The molecule has 0 aliphatic heterocycles. The second-order valence-electron chi connectivity index (χ2n) is 5.05. The van der Waals surface area contributed by atoms with Crippen LogP contribution < -0.4 is 10.0 Å². The van der Waals surface area contributed by atoms with Gasteiger partial charge in [-0.15, -0.1) is 0 Å². The molecule has 0 atom stereocenters. The molecule has 2 N–H and O–H groups in total. The summed E-state index contributed by atoms with van der Waals surface area (Å²) < 4.78 is 26.3. The first kappa shape index (κ1) is 16.0. The third-order valence-corrected chi connectivity index (χ3v) is 4.72. The van der Waals surface area contributed by atoms with Gasteiger partial charge in [-0.1, -0.05) is 32.0 Å². The number of hydrogen-bond acceptors (Lipinski definition) is 3. The molecular formula is C14H24N2O2S. The van der Waals surface area contributed by atoms with Crippen LogP contribution in [0.5, 0.6) is 0 Å². The number of hydrogen-bond donors (Lipinski definition) is 1. The minimum absolute atomic E-state index is 0.185. The predicted molar refractivity (Wildman–Crippen MR) is 80.7 cm³/mol. The minimum Gasteiger partial charge on any atom is -0.330 e. The number of anilines is 1. The van der Waals surface area contributed by atoms with Crippen LogP contribution in [-0.2, 0) is 10.0 Å². The first-order valence-corrected chi connectivity index (χ1v) is 8.34. The van der Waals surface area contributed by atoms with Crippen molar-refractivity contribution >= 4 is 15.7 Å². The third kappa shape index (κ3) is 5.20. The van der Waals surface area contributed by atoms with Crippen LogP contribution in [0.3, 0.4) is 0 Å². The molecular weight excluding hydrogens is 260 g/mol. The monoisotopic (exact) mass is 284 g/mol. The summed E-state index contributed by atoms with van der Waals surface area (Å²) in [5, 5.41) is 0. The Hall–Kier alpha value is -1.07. The molecule has 0 amide bonds. The smallest absolute Gasteiger partial charge is 0.235 e. The second kappa shape index (κ2) is 7.50. The SMILES string of the molecule is CC(C)CCS(=O)(=O)N(CCCN)c1ccccc1. The molecule has 0 heterocycles. The van der Waals surface area contributed by atoms with Crippen LogP contribution in [0, 0.1) is 5.92 Å². The normalized spacial score (nSPS) is 11.8. The molecule has 1 rings (SSSR count). The van der Waals surface area contributed by atoms with E-state index in [0.717, 1.165) is 5.69 Å². The molecule has 0 aliphatic carbocycles. The van der Waals surface area contributed by atoms with E-state index in [1.165, 1.54) is 4.31 Å². The van der Waals surface area contributed by atoms with Gasteiger partial charge in [0.2, 0.25) is 10.0 Å². The predicted octanol–water partition coefficient (Wildman–Crippen LogP) is 2.22. The van der Waals surface area contributed by atoms with Crippen LogP contribution >= 0.6 is 0 Å². The second-order valence-corrected chi connectivity index (χ2v) is 7.06. The lowest BCUT2D eigenvalue weighted by Crippen LogP contribution is -2.35. The topological polar surface area (TPSA) is 63.4 Å². The van der Waals surface area contributed by atoms with Crippen LogP contribution in [0.2, 0.25) is 0 Å². The zero-order valence-electron chi connectivity index (χ0n) is 11.7. The lowest BCUT2D eigenvalue weighted by molar-refractivity contribution is 0.568. The van der Waals surface area contributed by atoms with Crippen LogP contribution in [0.15, 0.2) is 30.3 Å². The third-order valence-electron chi connectivity index (χ3n) is 2.90. The summed E-state index contributed by atoms with van der Waals surface area (Å²) in [7, 11) is -3.26. The number of rotatable bonds is 8. The van der Waals surface area contributed by atoms with E-state index in [9.17, 15) is 8.42 Å². The highest BCUT2D eigenvalue weighted by Crippen LogP contribution is 2.19. The number of nitrogens with zero attached hydrogens (tertiary/aromatic N) is 1. The van der Waals surface area contributed by atoms with E-state index in [0.29, 0.717) is 31.8 Å². The largest absolute Gasteiger partial charge is 0.330 e. The summed E-state index contributed by atoms with van der Waals surface area (Å²) in [6.45, 7) is 4.99. The molecule has 5 heteroatoms. The number of nitrogens with two attached hydrogens (primary N) is 1.